The number of Topliss-reactive ketones (excluding diaryl/α,β-unsaturated/α-hetero) is 1. The van der Waals surface area contributed by atoms with E-state index in [1.165, 1.54) is 6.07 Å². The average molecular weight is 528 g/mol. The van der Waals surface area contributed by atoms with E-state index < -0.39 is 48.5 Å². The molecule has 5 rings (SSSR count). The van der Waals surface area contributed by atoms with Crippen LogP contribution in [-0.4, -0.2) is 47.8 Å². The number of hydrogen-bond acceptors (Lipinski definition) is 7. The molecule has 7 nitrogen and oxygen atoms in total. The van der Waals surface area contributed by atoms with Crippen molar-refractivity contribution in [2.24, 2.45) is 34.0 Å². The van der Waals surface area contributed by atoms with E-state index in [1.807, 2.05) is 6.92 Å². The number of carbonyl (C=O) groups is 2. The zero-order chi connectivity index (χ0) is 27.6. The van der Waals surface area contributed by atoms with Crippen molar-refractivity contribution in [1.29, 1.82) is 0 Å². The van der Waals surface area contributed by atoms with Crippen molar-refractivity contribution in [3.8, 4) is 5.75 Å². The van der Waals surface area contributed by atoms with Crippen LogP contribution in [0.25, 0.3) is 0 Å². The lowest BCUT2D eigenvalue weighted by molar-refractivity contribution is -0.207. The lowest BCUT2D eigenvalue weighted by Crippen LogP contribution is -2.63. The minimum absolute atomic E-state index is 0.0142. The number of esters is 1. The Morgan fingerprint density at radius 1 is 1.32 bits per heavy atom. The van der Waals surface area contributed by atoms with Crippen LogP contribution in [0.2, 0.25) is 0 Å². The molecule has 1 heterocycles. The summed E-state index contributed by atoms with van der Waals surface area (Å²) < 4.78 is 31.6. The number of aliphatic hydroxyl groups excluding tert-OH is 1. The fourth-order valence-electron chi connectivity index (χ4n) is 8.20. The molecule has 1 aromatic carbocycles. The van der Waals surface area contributed by atoms with Gasteiger partial charge in [-0.05, 0) is 54.6 Å². The van der Waals surface area contributed by atoms with Gasteiger partial charge in [0.1, 0.15) is 11.9 Å². The molecular weight excluding hydrogens is 490 g/mol. The minimum Gasteiger partial charge on any atom is -0.479 e. The van der Waals surface area contributed by atoms with E-state index >= 15 is 0 Å². The van der Waals surface area contributed by atoms with Crippen molar-refractivity contribution >= 4 is 24.3 Å². The topological polar surface area (TPSA) is 102 Å². The highest BCUT2D eigenvalue weighted by atomic mass is 19.1. The van der Waals surface area contributed by atoms with Crippen LogP contribution < -0.4 is 10.2 Å². The summed E-state index contributed by atoms with van der Waals surface area (Å²) >= 11 is 0. The maximum absolute atomic E-state index is 14.9. The predicted molar refractivity (Wildman–Crippen MR) is 139 cm³/mol. The molecule has 2 bridgehead atoms. The predicted octanol–water partition coefficient (Wildman–Crippen LogP) is 3.33. The third-order valence-corrected chi connectivity index (χ3v) is 10.8. The molecule has 3 saturated carbocycles. The van der Waals surface area contributed by atoms with Gasteiger partial charge in [-0.15, -0.1) is 6.58 Å². The number of aliphatic hydroxyl groups is 1. The Kier molecular flexibility index (Phi) is 6.80. The molecule has 206 valence electrons. The fraction of sp³-hybridized carbons (Fsp3) is 0.655. The number of halogens is 1. The Hall–Kier alpha value is -2.23. The molecule has 0 unspecified atom stereocenters. The standard InChI is InChI=1S/C29H38BFO7/c1-6-27(4)13-21(38-22(33)15-36-20-8-7-18-14-37-30(35)23(18)24(20)31)28(5)16(2)9-11-29(17(3)26(27)34)12-10-19(32)25(28)29/h6-8,16-17,21,25-26,34-35H,1,9-15H2,2-5H3/t16-,17+,21-,25+,26+,27-,28+,29+/m1/s1. The maximum Gasteiger partial charge on any atom is 0.494 e. The molecule has 8 atom stereocenters. The molecule has 38 heavy (non-hydrogen) atoms. The van der Waals surface area contributed by atoms with Gasteiger partial charge in [-0.25, -0.2) is 9.18 Å². The van der Waals surface area contributed by atoms with E-state index in [-0.39, 0.29) is 46.8 Å². The quantitative estimate of drug-likeness (QED) is 0.344. The Labute approximate surface area is 223 Å². The number of fused-ring (bicyclic) bond motifs is 1. The van der Waals surface area contributed by atoms with Crippen LogP contribution in [-0.2, 0) is 25.6 Å². The van der Waals surface area contributed by atoms with Gasteiger partial charge >= 0.3 is 13.1 Å². The number of benzene rings is 1. The molecule has 0 aromatic heterocycles. The van der Waals surface area contributed by atoms with Gasteiger partial charge in [0.25, 0.3) is 0 Å². The van der Waals surface area contributed by atoms with Gasteiger partial charge in [-0.2, -0.15) is 0 Å². The zero-order valence-electron chi connectivity index (χ0n) is 22.7. The number of carbonyl (C=O) groups excluding carboxylic acids is 2. The monoisotopic (exact) mass is 528 g/mol. The maximum atomic E-state index is 14.9. The van der Waals surface area contributed by atoms with Gasteiger partial charge in [-0.3, -0.25) is 4.79 Å². The van der Waals surface area contributed by atoms with Crippen LogP contribution in [0.15, 0.2) is 24.8 Å². The summed E-state index contributed by atoms with van der Waals surface area (Å²) in [7, 11) is -1.38. The third-order valence-electron chi connectivity index (χ3n) is 10.8. The molecule has 9 heteroatoms. The largest absolute Gasteiger partial charge is 0.494 e. The Bertz CT molecular complexity index is 1160. The first kappa shape index (κ1) is 27.3. The van der Waals surface area contributed by atoms with Crippen molar-refractivity contribution in [2.45, 2.75) is 78.6 Å². The zero-order valence-corrected chi connectivity index (χ0v) is 22.7. The van der Waals surface area contributed by atoms with Crippen molar-refractivity contribution < 1.29 is 38.2 Å². The summed E-state index contributed by atoms with van der Waals surface area (Å²) in [4.78, 5) is 26.7. The summed E-state index contributed by atoms with van der Waals surface area (Å²) in [6, 6.07) is 3.00. The second-order valence-electron chi connectivity index (χ2n) is 12.5. The third kappa shape index (κ3) is 3.87. The van der Waals surface area contributed by atoms with E-state index in [9.17, 15) is 24.1 Å². The van der Waals surface area contributed by atoms with Gasteiger partial charge in [0.05, 0.1) is 12.7 Å². The molecule has 1 aromatic rings. The van der Waals surface area contributed by atoms with E-state index in [4.69, 9.17) is 14.1 Å². The normalized spacial score (nSPS) is 40.1. The summed E-state index contributed by atoms with van der Waals surface area (Å²) in [6.45, 7) is 11.7. The van der Waals surface area contributed by atoms with Crippen molar-refractivity contribution in [3.63, 3.8) is 0 Å². The van der Waals surface area contributed by atoms with E-state index in [2.05, 4.69) is 27.4 Å². The van der Waals surface area contributed by atoms with E-state index in [0.717, 1.165) is 19.3 Å². The first-order valence-electron chi connectivity index (χ1n) is 13.7. The second-order valence-corrected chi connectivity index (χ2v) is 12.5. The highest BCUT2D eigenvalue weighted by Crippen LogP contribution is 2.68. The molecule has 0 amide bonds. The molecule has 1 aliphatic heterocycles. The molecule has 0 spiro atoms. The average Bonchev–Trinajstić information content (AvgIpc) is 3.45. The number of ether oxygens (including phenoxy) is 2. The molecule has 3 aliphatic carbocycles. The van der Waals surface area contributed by atoms with Crippen molar-refractivity contribution in [3.05, 3.63) is 36.2 Å². The van der Waals surface area contributed by atoms with Crippen LogP contribution in [0.5, 0.6) is 5.75 Å². The van der Waals surface area contributed by atoms with Crippen molar-refractivity contribution in [1.82, 2.24) is 0 Å². The van der Waals surface area contributed by atoms with E-state index in [1.54, 1.807) is 12.1 Å². The molecule has 4 aliphatic rings. The lowest BCUT2D eigenvalue weighted by Gasteiger charge is -2.61. The number of rotatable bonds is 5. The molecule has 0 saturated heterocycles. The summed E-state index contributed by atoms with van der Waals surface area (Å²) in [6.07, 6.45) is 3.54. The summed E-state index contributed by atoms with van der Waals surface area (Å²) in [5.41, 5.74) is -1.20. The molecular formula is C29H38BFO7. The summed E-state index contributed by atoms with van der Waals surface area (Å²) in [5.74, 6) is -1.78. The van der Waals surface area contributed by atoms with Gasteiger partial charge < -0.3 is 24.3 Å². The van der Waals surface area contributed by atoms with Crippen molar-refractivity contribution in [2.75, 3.05) is 6.61 Å². The lowest BCUT2D eigenvalue weighted by atomic mass is 9.44. The highest BCUT2D eigenvalue weighted by molar-refractivity contribution is 6.61. The Balaban J connectivity index is 1.44. The fourth-order valence-corrected chi connectivity index (χ4v) is 8.20. The first-order valence-corrected chi connectivity index (χ1v) is 13.7. The molecule has 0 radical (unpaired) electrons. The van der Waals surface area contributed by atoms with Crippen LogP contribution in [0.4, 0.5) is 4.39 Å². The number of hydrogen-bond donors (Lipinski definition) is 2. The Morgan fingerprint density at radius 3 is 2.76 bits per heavy atom. The highest BCUT2D eigenvalue weighted by Gasteiger charge is 2.68. The van der Waals surface area contributed by atoms with Crippen LogP contribution in [0.1, 0.15) is 65.4 Å². The van der Waals surface area contributed by atoms with Crippen LogP contribution in [0.3, 0.4) is 0 Å². The molecule has 3 fully saturated rings. The minimum atomic E-state index is -1.38. The number of ketones is 1. The molecule has 2 N–H and O–H groups in total. The summed E-state index contributed by atoms with van der Waals surface area (Å²) in [5, 5.41) is 21.5. The Morgan fingerprint density at radius 2 is 2.05 bits per heavy atom. The van der Waals surface area contributed by atoms with E-state index in [0.29, 0.717) is 18.4 Å². The van der Waals surface area contributed by atoms with Crippen LogP contribution >= 0.6 is 0 Å². The van der Waals surface area contributed by atoms with Gasteiger partial charge in [0.15, 0.2) is 18.2 Å². The smallest absolute Gasteiger partial charge is 0.479 e. The second kappa shape index (κ2) is 9.45. The SMILES string of the molecule is C=C[C@]1(C)C[C@@H](OC(=O)COc2ccc3c(c2F)B(O)OC3)[C@]2(C)[C@H](C)CC[C@]3(CCC(=O)[C@H]32)[C@@H](C)[C@@H]1O. The van der Waals surface area contributed by atoms with Gasteiger partial charge in [-0.1, -0.05) is 39.8 Å². The first-order chi connectivity index (χ1) is 17.9. The van der Waals surface area contributed by atoms with Crippen LogP contribution in [0, 0.1) is 39.8 Å². The van der Waals surface area contributed by atoms with Gasteiger partial charge in [0, 0.05) is 28.6 Å². The van der Waals surface area contributed by atoms with Gasteiger partial charge in [0.2, 0.25) is 0 Å².